The number of halogens is 1. The fraction of sp³-hybridized carbons (Fsp3) is 0.278. The summed E-state index contributed by atoms with van der Waals surface area (Å²) >= 11 is 8.89. The SMILES string of the molecule is CSc1nc2nc(C)c(CCC(=O)Nc3nc4ccc(Cl)cc4s3)c(C)n2n1. The predicted octanol–water partition coefficient (Wildman–Crippen LogP) is 4.30. The summed E-state index contributed by atoms with van der Waals surface area (Å²) < 4.78 is 2.68. The summed E-state index contributed by atoms with van der Waals surface area (Å²) in [6, 6.07) is 5.48. The van der Waals surface area contributed by atoms with Crippen molar-refractivity contribution in [3.63, 3.8) is 0 Å². The Morgan fingerprint density at radius 3 is 2.89 bits per heavy atom. The molecule has 0 saturated heterocycles. The Morgan fingerprint density at radius 1 is 1.29 bits per heavy atom. The van der Waals surface area contributed by atoms with E-state index in [0.29, 0.717) is 33.9 Å². The molecule has 1 amide bonds. The smallest absolute Gasteiger partial charge is 0.253 e. The standard InChI is InChI=1S/C18H17ClN6OS2/c1-9-12(10(2)25-16(20-9)23-18(24-25)27-3)5-7-15(26)22-17-21-13-6-4-11(19)8-14(13)28-17/h4,6,8H,5,7H2,1-3H3,(H,21,22,26). The molecule has 1 aromatic carbocycles. The summed E-state index contributed by atoms with van der Waals surface area (Å²) in [5.74, 6) is 0.494. The third-order valence-electron chi connectivity index (χ3n) is 4.41. The number of thioether (sulfide) groups is 1. The topological polar surface area (TPSA) is 85.1 Å². The second-order valence-electron chi connectivity index (χ2n) is 6.25. The number of nitrogens with zero attached hydrogens (tertiary/aromatic N) is 5. The summed E-state index contributed by atoms with van der Waals surface area (Å²) in [7, 11) is 0. The Kier molecular flexibility index (Phi) is 5.22. The number of nitrogens with one attached hydrogen (secondary N) is 1. The van der Waals surface area contributed by atoms with Gasteiger partial charge >= 0.3 is 0 Å². The number of rotatable bonds is 5. The quantitative estimate of drug-likeness (QED) is 0.473. The number of thiazole rings is 1. The molecule has 0 unspecified atom stereocenters. The van der Waals surface area contributed by atoms with Gasteiger partial charge in [-0.3, -0.25) is 4.79 Å². The molecule has 0 fully saturated rings. The van der Waals surface area contributed by atoms with Crippen LogP contribution < -0.4 is 5.32 Å². The summed E-state index contributed by atoms with van der Waals surface area (Å²) in [5.41, 5.74) is 3.66. The van der Waals surface area contributed by atoms with Crippen molar-refractivity contribution in [3.05, 3.63) is 40.2 Å². The first-order chi connectivity index (χ1) is 13.4. The fourth-order valence-corrected chi connectivity index (χ4v) is 4.50. The Morgan fingerprint density at radius 2 is 2.11 bits per heavy atom. The van der Waals surface area contributed by atoms with Crippen molar-refractivity contribution in [1.29, 1.82) is 0 Å². The summed E-state index contributed by atoms with van der Waals surface area (Å²) in [6.07, 6.45) is 2.82. The average Bonchev–Trinajstić information content (AvgIpc) is 3.24. The van der Waals surface area contributed by atoms with Crippen LogP contribution in [0.2, 0.25) is 5.02 Å². The predicted molar refractivity (Wildman–Crippen MR) is 114 cm³/mol. The van der Waals surface area contributed by atoms with Crippen LogP contribution in [0.15, 0.2) is 23.4 Å². The minimum atomic E-state index is -0.0903. The number of hydrogen-bond donors (Lipinski definition) is 1. The molecule has 3 aromatic heterocycles. The number of fused-ring (bicyclic) bond motifs is 2. The zero-order chi connectivity index (χ0) is 19.8. The average molecular weight is 433 g/mol. The zero-order valence-electron chi connectivity index (χ0n) is 15.5. The highest BCUT2D eigenvalue weighted by molar-refractivity contribution is 7.98. The van der Waals surface area contributed by atoms with E-state index in [1.807, 2.05) is 32.2 Å². The fourth-order valence-electron chi connectivity index (χ4n) is 3.01. The molecule has 0 radical (unpaired) electrons. The van der Waals surface area contributed by atoms with E-state index in [2.05, 4.69) is 25.4 Å². The molecule has 1 N–H and O–H groups in total. The number of aryl methyl sites for hydroxylation is 2. The maximum Gasteiger partial charge on any atom is 0.253 e. The van der Waals surface area contributed by atoms with Gasteiger partial charge in [-0.05, 0) is 50.3 Å². The lowest BCUT2D eigenvalue weighted by molar-refractivity contribution is -0.116. The van der Waals surface area contributed by atoms with Gasteiger partial charge in [-0.25, -0.2) is 14.5 Å². The molecule has 0 bridgehead atoms. The Balaban J connectivity index is 1.49. The van der Waals surface area contributed by atoms with Gasteiger partial charge in [0.2, 0.25) is 11.1 Å². The molecule has 4 aromatic rings. The first-order valence-corrected chi connectivity index (χ1v) is 11.0. The van der Waals surface area contributed by atoms with Gasteiger partial charge in [0.1, 0.15) is 0 Å². The van der Waals surface area contributed by atoms with E-state index in [1.165, 1.54) is 23.1 Å². The number of hydrogen-bond acceptors (Lipinski definition) is 7. The van der Waals surface area contributed by atoms with Crippen LogP contribution in [0.25, 0.3) is 16.0 Å². The molecule has 0 saturated carbocycles. The van der Waals surface area contributed by atoms with E-state index in [0.717, 1.165) is 27.2 Å². The number of anilines is 1. The highest BCUT2D eigenvalue weighted by Crippen LogP contribution is 2.28. The Labute approximate surface area is 174 Å². The lowest BCUT2D eigenvalue weighted by Crippen LogP contribution is -2.14. The largest absolute Gasteiger partial charge is 0.302 e. The molecule has 7 nitrogen and oxygen atoms in total. The molecular formula is C18H17ClN6OS2. The lowest BCUT2D eigenvalue weighted by atomic mass is 10.1. The minimum absolute atomic E-state index is 0.0903. The molecule has 0 spiro atoms. The number of carbonyl (C=O) groups excluding carboxylic acids is 1. The number of carbonyl (C=O) groups is 1. The molecule has 28 heavy (non-hydrogen) atoms. The number of amides is 1. The summed E-state index contributed by atoms with van der Waals surface area (Å²) in [4.78, 5) is 25.8. The Hall–Kier alpha value is -2.23. The second-order valence-corrected chi connectivity index (χ2v) is 8.49. The Bertz CT molecular complexity index is 1200. The van der Waals surface area contributed by atoms with E-state index < -0.39 is 0 Å². The zero-order valence-corrected chi connectivity index (χ0v) is 17.9. The van der Waals surface area contributed by atoms with Gasteiger partial charge in [0.15, 0.2) is 5.13 Å². The van der Waals surface area contributed by atoms with E-state index in [9.17, 15) is 4.79 Å². The molecule has 0 atom stereocenters. The maximum atomic E-state index is 12.4. The van der Waals surface area contributed by atoms with Gasteiger partial charge in [-0.2, -0.15) is 4.98 Å². The van der Waals surface area contributed by atoms with Crippen LogP contribution in [0.1, 0.15) is 23.4 Å². The highest BCUT2D eigenvalue weighted by atomic mass is 35.5. The van der Waals surface area contributed by atoms with Crippen LogP contribution in [-0.2, 0) is 11.2 Å². The molecule has 0 aliphatic heterocycles. The highest BCUT2D eigenvalue weighted by Gasteiger charge is 2.15. The van der Waals surface area contributed by atoms with Gasteiger partial charge < -0.3 is 5.32 Å². The van der Waals surface area contributed by atoms with Crippen molar-refractivity contribution in [2.75, 3.05) is 11.6 Å². The normalized spacial score (nSPS) is 11.4. The number of benzene rings is 1. The minimum Gasteiger partial charge on any atom is -0.302 e. The van der Waals surface area contributed by atoms with E-state index in [-0.39, 0.29) is 5.91 Å². The van der Waals surface area contributed by atoms with Crippen molar-refractivity contribution >= 4 is 61.7 Å². The van der Waals surface area contributed by atoms with Gasteiger partial charge in [0.25, 0.3) is 5.78 Å². The third-order valence-corrected chi connectivity index (χ3v) is 6.12. The van der Waals surface area contributed by atoms with Crippen LogP contribution in [0.5, 0.6) is 0 Å². The first-order valence-electron chi connectivity index (χ1n) is 8.57. The van der Waals surface area contributed by atoms with Crippen LogP contribution in [0, 0.1) is 13.8 Å². The number of aromatic nitrogens is 5. The lowest BCUT2D eigenvalue weighted by Gasteiger charge is -2.10. The molecule has 0 aliphatic rings. The molecular weight excluding hydrogens is 416 g/mol. The molecule has 144 valence electrons. The second kappa shape index (κ2) is 7.65. The monoisotopic (exact) mass is 432 g/mol. The first kappa shape index (κ1) is 19.1. The molecule has 3 heterocycles. The maximum absolute atomic E-state index is 12.4. The van der Waals surface area contributed by atoms with Crippen molar-refractivity contribution < 1.29 is 4.79 Å². The van der Waals surface area contributed by atoms with Crippen LogP contribution in [0.4, 0.5) is 5.13 Å². The van der Waals surface area contributed by atoms with Gasteiger partial charge in [-0.1, -0.05) is 34.7 Å². The van der Waals surface area contributed by atoms with Crippen LogP contribution >= 0.6 is 34.7 Å². The van der Waals surface area contributed by atoms with Crippen molar-refractivity contribution in [2.45, 2.75) is 31.8 Å². The van der Waals surface area contributed by atoms with E-state index in [1.54, 1.807) is 10.6 Å². The van der Waals surface area contributed by atoms with Crippen LogP contribution in [-0.4, -0.2) is 36.7 Å². The van der Waals surface area contributed by atoms with Crippen molar-refractivity contribution in [3.8, 4) is 0 Å². The molecule has 4 rings (SSSR count). The van der Waals surface area contributed by atoms with Crippen LogP contribution in [0.3, 0.4) is 0 Å². The van der Waals surface area contributed by atoms with Crippen molar-refractivity contribution in [2.24, 2.45) is 0 Å². The molecule has 0 aliphatic carbocycles. The third kappa shape index (κ3) is 3.69. The van der Waals surface area contributed by atoms with E-state index in [4.69, 9.17) is 11.6 Å². The van der Waals surface area contributed by atoms with Gasteiger partial charge in [-0.15, -0.1) is 5.10 Å². The van der Waals surface area contributed by atoms with Gasteiger partial charge in [0.05, 0.1) is 10.2 Å². The van der Waals surface area contributed by atoms with Gasteiger partial charge in [0, 0.05) is 22.8 Å². The molecule has 10 heteroatoms. The van der Waals surface area contributed by atoms with Crippen molar-refractivity contribution in [1.82, 2.24) is 24.6 Å². The summed E-state index contributed by atoms with van der Waals surface area (Å²) in [5, 5.41) is 9.23. The summed E-state index contributed by atoms with van der Waals surface area (Å²) in [6.45, 7) is 3.91. The van der Waals surface area contributed by atoms with E-state index >= 15 is 0 Å².